The normalized spacial score (nSPS) is 11.4. The highest BCUT2D eigenvalue weighted by Gasteiger charge is 2.10. The zero-order chi connectivity index (χ0) is 19.8. The van der Waals surface area contributed by atoms with Gasteiger partial charge in [-0.05, 0) is 19.1 Å². The summed E-state index contributed by atoms with van der Waals surface area (Å²) in [7, 11) is 0. The highest BCUT2D eigenvalue weighted by molar-refractivity contribution is 14.0. The third-order valence-corrected chi connectivity index (χ3v) is 3.95. The summed E-state index contributed by atoms with van der Waals surface area (Å²) in [4.78, 5) is 13.4. The average Bonchev–Trinajstić information content (AvgIpc) is 3.37. The SMILES string of the molecule is CCNC(=NCc1coc(-c2ccccc2)n1)NCCc1nc(C(C)C)no1.I. The number of nitrogens with zero attached hydrogens (tertiary/aromatic N) is 4. The van der Waals surface area contributed by atoms with E-state index in [0.717, 1.165) is 23.6 Å². The molecule has 3 aromatic rings. The van der Waals surface area contributed by atoms with E-state index in [-0.39, 0.29) is 29.9 Å². The van der Waals surface area contributed by atoms with Crippen molar-refractivity contribution in [2.24, 2.45) is 4.99 Å². The monoisotopic (exact) mass is 510 g/mol. The Balaban J connectivity index is 0.00000300. The van der Waals surface area contributed by atoms with Gasteiger partial charge in [0.1, 0.15) is 12.0 Å². The highest BCUT2D eigenvalue weighted by atomic mass is 127. The molecule has 156 valence electrons. The predicted molar refractivity (Wildman–Crippen MR) is 122 cm³/mol. The Kier molecular flexibility index (Phi) is 9.10. The lowest BCUT2D eigenvalue weighted by Gasteiger charge is -2.09. The summed E-state index contributed by atoms with van der Waals surface area (Å²) in [5.74, 6) is 2.91. The van der Waals surface area contributed by atoms with Crippen LogP contribution in [0.25, 0.3) is 11.5 Å². The van der Waals surface area contributed by atoms with E-state index in [2.05, 4.69) is 30.8 Å². The smallest absolute Gasteiger partial charge is 0.228 e. The van der Waals surface area contributed by atoms with E-state index in [4.69, 9.17) is 8.94 Å². The molecule has 0 amide bonds. The molecule has 9 heteroatoms. The average molecular weight is 510 g/mol. The van der Waals surface area contributed by atoms with Crippen LogP contribution in [-0.4, -0.2) is 34.2 Å². The molecule has 0 aliphatic heterocycles. The second-order valence-electron chi connectivity index (χ2n) is 6.58. The quantitative estimate of drug-likeness (QED) is 0.270. The molecule has 0 saturated heterocycles. The maximum atomic E-state index is 5.55. The third kappa shape index (κ3) is 6.84. The molecule has 0 aliphatic rings. The molecule has 0 radical (unpaired) electrons. The van der Waals surface area contributed by atoms with Crippen LogP contribution in [-0.2, 0) is 13.0 Å². The lowest BCUT2D eigenvalue weighted by Crippen LogP contribution is -2.38. The predicted octanol–water partition coefficient (Wildman–Crippen LogP) is 3.76. The molecular weight excluding hydrogens is 483 g/mol. The maximum Gasteiger partial charge on any atom is 0.228 e. The van der Waals surface area contributed by atoms with Gasteiger partial charge in [-0.15, -0.1) is 24.0 Å². The summed E-state index contributed by atoms with van der Waals surface area (Å²) in [6.07, 6.45) is 2.27. The van der Waals surface area contributed by atoms with Crippen molar-refractivity contribution in [3.05, 3.63) is 54.0 Å². The van der Waals surface area contributed by atoms with Crippen molar-refractivity contribution in [3.63, 3.8) is 0 Å². The molecule has 0 atom stereocenters. The Bertz CT molecular complexity index is 891. The number of benzene rings is 1. The Morgan fingerprint density at radius 3 is 2.62 bits per heavy atom. The van der Waals surface area contributed by atoms with Gasteiger partial charge in [-0.25, -0.2) is 9.98 Å². The Hall–Kier alpha value is -2.43. The first-order valence-corrected chi connectivity index (χ1v) is 9.50. The van der Waals surface area contributed by atoms with Gasteiger partial charge in [0.15, 0.2) is 11.8 Å². The van der Waals surface area contributed by atoms with Crippen molar-refractivity contribution in [3.8, 4) is 11.5 Å². The van der Waals surface area contributed by atoms with Gasteiger partial charge in [0.25, 0.3) is 0 Å². The third-order valence-electron chi connectivity index (χ3n) is 3.95. The first kappa shape index (κ1) is 22.9. The van der Waals surface area contributed by atoms with Crippen molar-refractivity contribution in [1.29, 1.82) is 0 Å². The second-order valence-corrected chi connectivity index (χ2v) is 6.58. The molecule has 2 heterocycles. The molecule has 0 aliphatic carbocycles. The van der Waals surface area contributed by atoms with Crippen LogP contribution >= 0.6 is 24.0 Å². The van der Waals surface area contributed by atoms with Crippen LogP contribution in [0.3, 0.4) is 0 Å². The van der Waals surface area contributed by atoms with Crippen molar-refractivity contribution in [2.45, 2.75) is 39.7 Å². The number of aromatic nitrogens is 3. The summed E-state index contributed by atoms with van der Waals surface area (Å²) in [6.45, 7) is 7.92. The van der Waals surface area contributed by atoms with E-state index < -0.39 is 0 Å². The summed E-state index contributed by atoms with van der Waals surface area (Å²) in [6, 6.07) is 9.81. The summed E-state index contributed by atoms with van der Waals surface area (Å²) in [5.41, 5.74) is 1.72. The van der Waals surface area contributed by atoms with E-state index in [9.17, 15) is 0 Å². The van der Waals surface area contributed by atoms with Crippen LogP contribution in [0.1, 0.15) is 44.1 Å². The van der Waals surface area contributed by atoms with Crippen LogP contribution in [0.15, 0.2) is 50.5 Å². The second kappa shape index (κ2) is 11.5. The fourth-order valence-corrected chi connectivity index (χ4v) is 2.49. The summed E-state index contributed by atoms with van der Waals surface area (Å²) < 4.78 is 10.8. The van der Waals surface area contributed by atoms with E-state index in [1.165, 1.54) is 0 Å². The Morgan fingerprint density at radius 2 is 1.93 bits per heavy atom. The van der Waals surface area contributed by atoms with Gasteiger partial charge in [-0.3, -0.25) is 0 Å². The van der Waals surface area contributed by atoms with Crippen LogP contribution in [0.4, 0.5) is 0 Å². The minimum absolute atomic E-state index is 0. The van der Waals surface area contributed by atoms with Crippen molar-refractivity contribution >= 4 is 29.9 Å². The maximum absolute atomic E-state index is 5.55. The first-order valence-electron chi connectivity index (χ1n) is 9.50. The van der Waals surface area contributed by atoms with Gasteiger partial charge >= 0.3 is 0 Å². The van der Waals surface area contributed by atoms with Gasteiger partial charge in [0.05, 0.1) is 6.54 Å². The fourth-order valence-electron chi connectivity index (χ4n) is 2.49. The van der Waals surface area contributed by atoms with Crippen LogP contribution in [0, 0.1) is 0 Å². The topological polar surface area (TPSA) is 101 Å². The molecule has 2 aromatic heterocycles. The van der Waals surface area contributed by atoms with Crippen molar-refractivity contribution < 1.29 is 8.94 Å². The van der Waals surface area contributed by atoms with E-state index in [1.807, 2.05) is 51.1 Å². The largest absolute Gasteiger partial charge is 0.444 e. The number of aliphatic imine (C=N–C) groups is 1. The Morgan fingerprint density at radius 1 is 1.14 bits per heavy atom. The van der Waals surface area contributed by atoms with Gasteiger partial charge < -0.3 is 19.6 Å². The molecule has 8 nitrogen and oxygen atoms in total. The minimum atomic E-state index is 0. The molecule has 1 aromatic carbocycles. The van der Waals surface area contributed by atoms with Gasteiger partial charge in [-0.2, -0.15) is 4.98 Å². The highest BCUT2D eigenvalue weighted by Crippen LogP contribution is 2.18. The summed E-state index contributed by atoms with van der Waals surface area (Å²) in [5, 5.41) is 10.5. The molecular formula is C20H27IN6O2. The number of hydrogen-bond donors (Lipinski definition) is 2. The Labute approximate surface area is 187 Å². The standard InChI is InChI=1S/C20H26N6O2.HI/c1-4-21-20(22-11-10-17-25-18(14(2)3)26-28-17)23-12-16-13-27-19(24-16)15-8-6-5-7-9-15;/h5-9,13-14H,4,10-12H2,1-3H3,(H2,21,22,23);1H. The molecule has 0 bridgehead atoms. The van der Waals surface area contributed by atoms with Gasteiger partial charge in [0.2, 0.25) is 11.8 Å². The zero-order valence-corrected chi connectivity index (χ0v) is 19.2. The molecule has 0 spiro atoms. The lowest BCUT2D eigenvalue weighted by molar-refractivity contribution is 0.371. The van der Waals surface area contributed by atoms with Crippen molar-refractivity contribution in [2.75, 3.05) is 13.1 Å². The van der Waals surface area contributed by atoms with Crippen LogP contribution in [0.5, 0.6) is 0 Å². The van der Waals surface area contributed by atoms with Gasteiger partial charge in [0, 0.05) is 31.0 Å². The number of hydrogen-bond acceptors (Lipinski definition) is 6. The number of rotatable bonds is 8. The number of oxazole rings is 1. The van der Waals surface area contributed by atoms with E-state index in [1.54, 1.807) is 6.26 Å². The fraction of sp³-hybridized carbons (Fsp3) is 0.400. The van der Waals surface area contributed by atoms with E-state index in [0.29, 0.717) is 37.3 Å². The van der Waals surface area contributed by atoms with Crippen LogP contribution < -0.4 is 10.6 Å². The number of nitrogens with one attached hydrogen (secondary N) is 2. The molecule has 0 unspecified atom stereocenters. The number of halogens is 1. The van der Waals surface area contributed by atoms with Crippen LogP contribution in [0.2, 0.25) is 0 Å². The first-order chi connectivity index (χ1) is 13.7. The molecule has 0 fully saturated rings. The van der Waals surface area contributed by atoms with Gasteiger partial charge in [-0.1, -0.05) is 37.2 Å². The molecule has 29 heavy (non-hydrogen) atoms. The molecule has 3 rings (SSSR count). The molecule has 0 saturated carbocycles. The number of guanidine groups is 1. The van der Waals surface area contributed by atoms with E-state index >= 15 is 0 Å². The zero-order valence-electron chi connectivity index (χ0n) is 16.9. The lowest BCUT2D eigenvalue weighted by atomic mass is 10.2. The summed E-state index contributed by atoms with van der Waals surface area (Å²) >= 11 is 0. The minimum Gasteiger partial charge on any atom is -0.444 e. The molecule has 2 N–H and O–H groups in total. The van der Waals surface area contributed by atoms with Crippen molar-refractivity contribution in [1.82, 2.24) is 25.8 Å².